The maximum atomic E-state index is 9.72. The molecule has 0 aliphatic carbocycles. The Morgan fingerprint density at radius 2 is 1.29 bits per heavy atom. The Morgan fingerprint density at radius 3 is 1.36 bits per heavy atom. The van der Waals surface area contributed by atoms with Gasteiger partial charge in [-0.15, -0.1) is 0 Å². The number of rotatable bonds is 3. The molecule has 1 atom stereocenters. The summed E-state index contributed by atoms with van der Waals surface area (Å²) in [6.07, 6.45) is -2.54. The van der Waals surface area contributed by atoms with Crippen molar-refractivity contribution in [2.45, 2.75) is 12.5 Å². The Bertz CT molecular complexity index is 139. The summed E-state index contributed by atoms with van der Waals surface area (Å²) >= 11 is 0. The van der Waals surface area contributed by atoms with E-state index in [9.17, 15) is 9.59 Å². The summed E-state index contributed by atoms with van der Waals surface area (Å²) in [4.78, 5) is 19.4. The van der Waals surface area contributed by atoms with E-state index in [-0.39, 0.29) is 75.5 Å². The van der Waals surface area contributed by atoms with Crippen molar-refractivity contribution in [3.63, 3.8) is 0 Å². The first-order valence-corrected chi connectivity index (χ1v) is 2.16. The van der Waals surface area contributed by atoms with Crippen molar-refractivity contribution in [1.29, 1.82) is 0 Å². The van der Waals surface area contributed by atoms with Crippen LogP contribution in [0.1, 0.15) is 6.42 Å². The van der Waals surface area contributed by atoms with E-state index < -0.39 is 24.5 Å². The van der Waals surface area contributed by atoms with Gasteiger partial charge in [-0.2, -0.15) is 0 Å². The van der Waals surface area contributed by atoms with Crippen LogP contribution in [0.2, 0.25) is 0 Å². The van der Waals surface area contributed by atoms with Crippen LogP contribution in [0.4, 0.5) is 0 Å². The van der Waals surface area contributed by atoms with Crippen molar-refractivity contribution in [3.05, 3.63) is 0 Å². The van der Waals surface area contributed by atoms with Gasteiger partial charge >= 0.3 is 11.9 Å². The molecule has 14 heavy (non-hydrogen) atoms. The van der Waals surface area contributed by atoms with Crippen LogP contribution < -0.4 is 0 Å². The van der Waals surface area contributed by atoms with Crippen molar-refractivity contribution in [1.82, 2.24) is 0 Å². The van der Waals surface area contributed by atoms with Crippen LogP contribution in [-0.4, -0.2) is 109 Å². The van der Waals surface area contributed by atoms with Gasteiger partial charge in [0.2, 0.25) is 0 Å². The number of hydrogen-bond donors (Lipinski definition) is 3. The zero-order valence-electron chi connectivity index (χ0n) is 7.94. The molecule has 0 aliphatic heterocycles. The molecule has 2 radical (unpaired) electrons. The Kier molecular flexibility index (Phi) is 50.4. The fourth-order valence-electron chi connectivity index (χ4n) is 0.253. The fraction of sp³-hybridized carbons (Fsp3) is 0.500. The summed E-state index contributed by atoms with van der Waals surface area (Å²) < 4.78 is 0. The Labute approximate surface area is 124 Å². The quantitative estimate of drug-likeness (QED) is 0.415. The second-order valence-electron chi connectivity index (χ2n) is 1.45. The van der Waals surface area contributed by atoms with Crippen molar-refractivity contribution in [2.75, 3.05) is 0 Å². The van der Waals surface area contributed by atoms with Gasteiger partial charge in [0.25, 0.3) is 0 Å². The summed E-state index contributed by atoms with van der Waals surface area (Å²) in [6.45, 7) is 0. The van der Waals surface area contributed by atoms with E-state index in [0.29, 0.717) is 0 Å². The van der Waals surface area contributed by atoms with E-state index in [1.807, 2.05) is 0 Å². The second-order valence-corrected chi connectivity index (χ2v) is 1.45. The van der Waals surface area contributed by atoms with Gasteiger partial charge in [0.1, 0.15) is 0 Å². The maximum absolute atomic E-state index is 9.72. The number of hydrogen-bond acceptors (Lipinski definition) is 3. The molecule has 0 aromatic rings. The predicted octanol–water partition coefficient (Wildman–Crippen LogP) is -4.33. The third-order valence-electron chi connectivity index (χ3n) is 0.653. The van der Waals surface area contributed by atoms with Gasteiger partial charge in [-0.1, -0.05) is 0 Å². The molecule has 0 bridgehead atoms. The van der Waals surface area contributed by atoms with Crippen molar-refractivity contribution in [2.24, 2.45) is 0 Å². The molecule has 9 N–H and O–H groups in total. The minimum atomic E-state index is -1.79. The van der Waals surface area contributed by atoms with Crippen LogP contribution in [0.25, 0.3) is 0 Å². The number of carboxylic acids is 2. The molecule has 1 unspecified atom stereocenters. The number of aliphatic hydroxyl groups excluding tert-OH is 1. The summed E-state index contributed by atoms with van der Waals surface area (Å²) in [7, 11) is 0. The standard InChI is InChI=1S/C4H6O5.2Na.3H2O/c5-2(4(8)9)1-3(6)7;;;;;/h2,5H,1H2,(H,6,7)(H,8,9);;;3*1H2. The number of carboxylic acid groups (broad SMARTS) is 2. The zero-order chi connectivity index (χ0) is 7.44. The first-order chi connectivity index (χ1) is 4.04. The van der Waals surface area contributed by atoms with Crippen LogP contribution >= 0.6 is 0 Å². The number of carbonyl (C=O) groups is 2. The van der Waals surface area contributed by atoms with Crippen molar-refractivity contribution < 1.29 is 41.3 Å². The third-order valence-corrected chi connectivity index (χ3v) is 0.653. The van der Waals surface area contributed by atoms with Crippen LogP contribution in [0.3, 0.4) is 0 Å². The van der Waals surface area contributed by atoms with Crippen LogP contribution in [0, 0.1) is 0 Å². The molecular weight excluding hydrogens is 222 g/mol. The largest absolute Gasteiger partial charge is 0.481 e. The molecule has 0 fully saturated rings. The minimum absolute atomic E-state index is 0. The molecule has 0 aliphatic rings. The van der Waals surface area contributed by atoms with Crippen LogP contribution in [-0.2, 0) is 9.59 Å². The molecule has 0 saturated heterocycles. The van der Waals surface area contributed by atoms with E-state index in [0.717, 1.165) is 0 Å². The van der Waals surface area contributed by atoms with E-state index in [1.165, 1.54) is 0 Å². The van der Waals surface area contributed by atoms with Gasteiger partial charge in [-0.3, -0.25) is 4.79 Å². The van der Waals surface area contributed by atoms with Gasteiger partial charge in [0.05, 0.1) is 6.42 Å². The second kappa shape index (κ2) is 19.4. The molecular formula is C4H12Na2O8. The molecule has 0 amide bonds. The first-order valence-electron chi connectivity index (χ1n) is 2.16. The Hall–Kier alpha value is 0.780. The van der Waals surface area contributed by atoms with E-state index in [1.54, 1.807) is 0 Å². The van der Waals surface area contributed by atoms with E-state index >= 15 is 0 Å². The van der Waals surface area contributed by atoms with Crippen molar-refractivity contribution >= 4 is 71.1 Å². The SMILES string of the molecule is O.O.O.O=C(O)CC(O)C(=O)O.[Na].[Na]. The Morgan fingerprint density at radius 1 is 1.00 bits per heavy atom. The Balaban J connectivity index is -0.0000000320. The molecule has 78 valence electrons. The fourth-order valence-corrected chi connectivity index (χ4v) is 0.253. The van der Waals surface area contributed by atoms with Gasteiger partial charge in [-0.05, 0) is 0 Å². The topological polar surface area (TPSA) is 189 Å². The molecule has 0 aromatic carbocycles. The van der Waals surface area contributed by atoms with Crippen molar-refractivity contribution in [3.8, 4) is 0 Å². The van der Waals surface area contributed by atoms with E-state index in [2.05, 4.69) is 0 Å². The number of aliphatic carboxylic acids is 2. The zero-order valence-corrected chi connectivity index (χ0v) is 11.9. The van der Waals surface area contributed by atoms with E-state index in [4.69, 9.17) is 15.3 Å². The normalized spacial score (nSPS) is 8.07. The van der Waals surface area contributed by atoms with Gasteiger partial charge in [-0.25, -0.2) is 4.79 Å². The third kappa shape index (κ3) is 23.0. The molecule has 10 heteroatoms. The summed E-state index contributed by atoms with van der Waals surface area (Å²) in [5.41, 5.74) is 0. The average molecular weight is 234 g/mol. The molecule has 0 spiro atoms. The summed E-state index contributed by atoms with van der Waals surface area (Å²) in [5, 5.41) is 24.1. The summed E-state index contributed by atoms with van der Waals surface area (Å²) in [5.74, 6) is -2.85. The smallest absolute Gasteiger partial charge is 0.333 e. The molecule has 0 saturated carbocycles. The van der Waals surface area contributed by atoms with Crippen LogP contribution in [0.15, 0.2) is 0 Å². The van der Waals surface area contributed by atoms with Gasteiger partial charge < -0.3 is 31.7 Å². The first kappa shape index (κ1) is 36.4. The molecule has 0 heterocycles. The monoisotopic (exact) mass is 234 g/mol. The summed E-state index contributed by atoms with van der Waals surface area (Å²) in [6, 6.07) is 0. The number of aliphatic hydroxyl groups is 1. The minimum Gasteiger partial charge on any atom is -0.481 e. The molecule has 8 nitrogen and oxygen atoms in total. The van der Waals surface area contributed by atoms with Gasteiger partial charge in [0, 0.05) is 59.1 Å². The maximum Gasteiger partial charge on any atom is 0.333 e. The molecule has 0 aromatic heterocycles. The molecule has 0 rings (SSSR count). The average Bonchev–Trinajstić information content (AvgIpc) is 1.63. The van der Waals surface area contributed by atoms with Crippen LogP contribution in [0.5, 0.6) is 0 Å². The van der Waals surface area contributed by atoms with Gasteiger partial charge in [0.15, 0.2) is 6.10 Å². The predicted molar refractivity (Wildman–Crippen MR) is 48.2 cm³/mol.